The number of piperidine rings is 1. The molecule has 0 atom stereocenters. The second kappa shape index (κ2) is 14.4. The number of nitrogens with zero attached hydrogens (tertiary/aromatic N) is 4. The van der Waals surface area contributed by atoms with Crippen molar-refractivity contribution in [1.82, 2.24) is 9.71 Å². The lowest BCUT2D eigenvalue weighted by Crippen LogP contribution is -2.43. The highest BCUT2D eigenvalue weighted by molar-refractivity contribution is 7.89. The van der Waals surface area contributed by atoms with Gasteiger partial charge in [0.25, 0.3) is 0 Å². The summed E-state index contributed by atoms with van der Waals surface area (Å²) in [6, 6.07) is 22.1. The van der Waals surface area contributed by atoms with Gasteiger partial charge in [-0.15, -0.1) is 0 Å². The number of carboxylic acid groups (broad SMARTS) is 1. The molecule has 1 amide bonds. The molecule has 1 fully saturated rings. The average Bonchev–Trinajstić information content (AvgIpc) is 2.96. The molecule has 4 rings (SSSR count). The quantitative estimate of drug-likeness (QED) is 0.328. The largest absolute Gasteiger partial charge is 0.478 e. The van der Waals surface area contributed by atoms with Crippen molar-refractivity contribution in [3.63, 3.8) is 0 Å². The smallest absolute Gasteiger partial charge is 0.338 e. The third-order valence-corrected chi connectivity index (χ3v) is 8.25. The molecule has 0 radical (unpaired) electrons. The molecule has 3 aromatic rings. The predicted octanol–water partition coefficient (Wildman–Crippen LogP) is 1.86. The zero-order valence-electron chi connectivity index (χ0n) is 22.8. The van der Waals surface area contributed by atoms with Crippen LogP contribution in [-0.4, -0.2) is 51.9 Å². The van der Waals surface area contributed by atoms with Crippen molar-refractivity contribution in [3.8, 4) is 12.1 Å². The Morgan fingerprint density at radius 1 is 0.930 bits per heavy atom. The monoisotopic (exact) mass is 624 g/mol. The predicted molar refractivity (Wildman–Crippen MR) is 156 cm³/mol. The minimum Gasteiger partial charge on any atom is -0.478 e. The molecular formula is C28H28N6O7S2. The van der Waals surface area contributed by atoms with Crippen molar-refractivity contribution < 1.29 is 31.5 Å². The van der Waals surface area contributed by atoms with E-state index in [1.54, 1.807) is 65.6 Å². The Bertz CT molecular complexity index is 1760. The van der Waals surface area contributed by atoms with Crippen molar-refractivity contribution in [2.75, 3.05) is 18.0 Å². The maximum absolute atomic E-state index is 12.5. The molecular weight excluding hydrogens is 596 g/mol. The first-order valence-electron chi connectivity index (χ1n) is 12.8. The lowest BCUT2D eigenvalue weighted by atomic mass is 9.96. The molecule has 43 heavy (non-hydrogen) atoms. The Morgan fingerprint density at radius 2 is 1.47 bits per heavy atom. The van der Waals surface area contributed by atoms with Crippen LogP contribution >= 0.6 is 0 Å². The molecule has 224 valence electrons. The molecule has 0 unspecified atom stereocenters. The first-order chi connectivity index (χ1) is 20.3. The SMILES string of the molecule is N#Cc1cc(C(=O)O)c(C#N)nc1N1CCC(C(=O)NS(=O)(=O)Cc2ccccc2)CC1.NS(=O)(=O)Cc1ccccc1. The van der Waals surface area contributed by atoms with Gasteiger partial charge in [-0.1, -0.05) is 60.7 Å². The topological polar surface area (TPSA) is 224 Å². The molecule has 0 saturated carbocycles. The van der Waals surface area contributed by atoms with E-state index in [1.807, 2.05) is 12.1 Å². The number of nitriles is 2. The summed E-state index contributed by atoms with van der Waals surface area (Å²) >= 11 is 0. The Kier molecular flexibility index (Phi) is 10.9. The van der Waals surface area contributed by atoms with Gasteiger partial charge in [0.05, 0.1) is 22.6 Å². The maximum Gasteiger partial charge on any atom is 0.338 e. The minimum atomic E-state index is -3.84. The number of rotatable bonds is 8. The van der Waals surface area contributed by atoms with Gasteiger partial charge in [-0.05, 0) is 30.0 Å². The van der Waals surface area contributed by atoms with Crippen molar-refractivity contribution in [2.45, 2.75) is 24.3 Å². The number of nitrogens with two attached hydrogens (primary N) is 1. The molecule has 2 aromatic carbocycles. The lowest BCUT2D eigenvalue weighted by molar-refractivity contribution is -0.123. The Hall–Kier alpha value is -4.83. The van der Waals surface area contributed by atoms with Gasteiger partial charge >= 0.3 is 5.97 Å². The molecule has 4 N–H and O–H groups in total. The Balaban J connectivity index is 0.000000386. The second-order valence-electron chi connectivity index (χ2n) is 9.55. The molecule has 0 spiro atoms. The van der Waals surface area contributed by atoms with Crippen LogP contribution in [0.25, 0.3) is 0 Å². The number of sulfonamides is 2. The average molecular weight is 625 g/mol. The summed E-state index contributed by atoms with van der Waals surface area (Å²) in [6.45, 7) is 0.575. The number of hydrogen-bond donors (Lipinski definition) is 3. The third-order valence-electron chi connectivity index (χ3n) is 6.29. The van der Waals surface area contributed by atoms with Gasteiger partial charge in [-0.25, -0.2) is 31.8 Å². The van der Waals surface area contributed by atoms with E-state index in [0.29, 0.717) is 18.4 Å². The standard InChI is InChI=1S/C21H19N5O5S.C7H9NO2S/c22-11-16-10-17(21(28)29)18(12-23)24-19(16)26-8-6-15(7-9-26)20(27)25-32(30,31)13-14-4-2-1-3-5-14;8-11(9,10)6-7-4-2-1-3-5-7/h1-5,10,15H,6-9,13H2,(H,25,27)(H,28,29);1-5H,6H2,(H2,8,9,10). The molecule has 0 bridgehead atoms. The van der Waals surface area contributed by atoms with E-state index in [9.17, 15) is 42.1 Å². The van der Waals surface area contributed by atoms with Gasteiger partial charge in [-0.2, -0.15) is 10.5 Å². The molecule has 15 heteroatoms. The first kappa shape index (κ1) is 32.7. The number of hydrogen-bond acceptors (Lipinski definition) is 10. The number of aromatic nitrogens is 1. The molecule has 2 heterocycles. The molecule has 1 aliphatic rings. The number of aromatic carboxylic acids is 1. The number of pyridine rings is 1. The van der Waals surface area contributed by atoms with Crippen LogP contribution in [0.4, 0.5) is 5.82 Å². The van der Waals surface area contributed by atoms with E-state index < -0.39 is 37.8 Å². The van der Waals surface area contributed by atoms with E-state index in [1.165, 1.54) is 0 Å². The van der Waals surface area contributed by atoms with Crippen LogP contribution in [-0.2, 0) is 36.3 Å². The number of carbonyl (C=O) groups is 2. The van der Waals surface area contributed by atoms with E-state index in [-0.39, 0.29) is 47.2 Å². The van der Waals surface area contributed by atoms with E-state index in [4.69, 9.17) is 5.14 Å². The fourth-order valence-corrected chi connectivity index (χ4v) is 6.14. The summed E-state index contributed by atoms with van der Waals surface area (Å²) < 4.78 is 47.9. The fraction of sp³-hybridized carbons (Fsp3) is 0.250. The number of amides is 1. The highest BCUT2D eigenvalue weighted by atomic mass is 32.2. The summed E-state index contributed by atoms with van der Waals surface area (Å²) in [5.41, 5.74) is 0.629. The molecule has 1 aromatic heterocycles. The Morgan fingerprint density at radius 3 is 1.93 bits per heavy atom. The van der Waals surface area contributed by atoms with Crippen LogP contribution in [0, 0.1) is 28.6 Å². The normalized spacial score (nSPS) is 13.5. The molecule has 1 aliphatic heterocycles. The number of primary sulfonamides is 1. The van der Waals surface area contributed by atoms with Crippen LogP contribution in [0.2, 0.25) is 0 Å². The summed E-state index contributed by atoms with van der Waals surface area (Å²) in [4.78, 5) is 29.5. The zero-order valence-corrected chi connectivity index (χ0v) is 24.4. The van der Waals surface area contributed by atoms with E-state index >= 15 is 0 Å². The number of benzene rings is 2. The number of anilines is 1. The fourth-order valence-electron chi connectivity index (χ4n) is 4.30. The summed E-state index contributed by atoms with van der Waals surface area (Å²) in [5.74, 6) is -2.72. The summed E-state index contributed by atoms with van der Waals surface area (Å²) in [7, 11) is -7.22. The van der Waals surface area contributed by atoms with E-state index in [0.717, 1.165) is 11.6 Å². The van der Waals surface area contributed by atoms with Crippen LogP contribution in [0.3, 0.4) is 0 Å². The highest BCUT2D eigenvalue weighted by Crippen LogP contribution is 2.27. The van der Waals surface area contributed by atoms with Crippen molar-refractivity contribution >= 4 is 37.7 Å². The lowest BCUT2D eigenvalue weighted by Gasteiger charge is -2.32. The van der Waals surface area contributed by atoms with Gasteiger partial charge in [0.15, 0.2) is 5.69 Å². The van der Waals surface area contributed by atoms with Crippen LogP contribution in [0.15, 0.2) is 66.7 Å². The van der Waals surface area contributed by atoms with Crippen molar-refractivity contribution in [3.05, 3.63) is 94.7 Å². The van der Waals surface area contributed by atoms with Gasteiger partial charge in [0.2, 0.25) is 26.0 Å². The minimum absolute atomic E-state index is 0.00902. The van der Waals surface area contributed by atoms with Gasteiger partial charge < -0.3 is 10.0 Å². The van der Waals surface area contributed by atoms with Crippen molar-refractivity contribution in [2.24, 2.45) is 11.1 Å². The van der Waals surface area contributed by atoms with Crippen molar-refractivity contribution in [1.29, 1.82) is 10.5 Å². The summed E-state index contributed by atoms with van der Waals surface area (Å²) in [6.07, 6.45) is 0.615. The number of carbonyl (C=O) groups excluding carboxylic acids is 1. The molecule has 13 nitrogen and oxygen atoms in total. The highest BCUT2D eigenvalue weighted by Gasteiger charge is 2.30. The Labute approximate surface area is 249 Å². The number of nitrogens with one attached hydrogen (secondary N) is 1. The van der Waals surface area contributed by atoms with Crippen LogP contribution in [0.1, 0.15) is 45.6 Å². The van der Waals surface area contributed by atoms with Gasteiger partial charge in [-0.3, -0.25) is 9.52 Å². The van der Waals surface area contributed by atoms with Crippen LogP contribution < -0.4 is 14.8 Å². The third kappa shape index (κ3) is 9.89. The molecule has 0 aliphatic carbocycles. The second-order valence-corrected chi connectivity index (χ2v) is 12.9. The van der Waals surface area contributed by atoms with E-state index in [2.05, 4.69) is 9.71 Å². The maximum atomic E-state index is 12.5. The first-order valence-corrected chi connectivity index (χ1v) is 16.1. The number of carboxylic acids is 1. The van der Waals surface area contributed by atoms with Crippen LogP contribution in [0.5, 0.6) is 0 Å². The summed E-state index contributed by atoms with van der Waals surface area (Å²) in [5, 5.41) is 32.6. The zero-order chi connectivity index (χ0) is 31.6. The molecule has 1 saturated heterocycles. The van der Waals surface area contributed by atoms with Gasteiger partial charge in [0.1, 0.15) is 18.0 Å². The van der Waals surface area contributed by atoms with Gasteiger partial charge in [0, 0.05) is 19.0 Å².